The molecule has 1 aromatic heterocycles. The van der Waals surface area contributed by atoms with E-state index in [2.05, 4.69) is 15.3 Å². The summed E-state index contributed by atoms with van der Waals surface area (Å²) in [5, 5.41) is 4.41. The van der Waals surface area contributed by atoms with Crippen molar-refractivity contribution >= 4 is 34.3 Å². The number of hydrogen-bond donors (Lipinski definition) is 1. The van der Waals surface area contributed by atoms with Gasteiger partial charge < -0.3 is 10.1 Å². The van der Waals surface area contributed by atoms with Gasteiger partial charge in [0.15, 0.2) is 0 Å². The van der Waals surface area contributed by atoms with Gasteiger partial charge in [0.2, 0.25) is 5.91 Å². The number of carbonyl (C=O) groups is 1. The Kier molecular flexibility index (Phi) is 5.19. The van der Waals surface area contributed by atoms with Crippen molar-refractivity contribution in [3.05, 3.63) is 54.4 Å². The Morgan fingerprint density at radius 3 is 2.56 bits per heavy atom. The highest BCUT2D eigenvalue weighted by Crippen LogP contribution is 2.29. The lowest BCUT2D eigenvalue weighted by Gasteiger charge is -2.13. The number of hydrogen-bond acceptors (Lipinski definition) is 5. The first-order chi connectivity index (χ1) is 12.1. The number of para-hydroxylation sites is 1. The van der Waals surface area contributed by atoms with Gasteiger partial charge in [0.05, 0.1) is 17.9 Å². The minimum atomic E-state index is -0.292. The molecule has 3 aromatic rings. The first kappa shape index (κ1) is 17.2. The Morgan fingerprint density at radius 2 is 1.84 bits per heavy atom. The zero-order chi connectivity index (χ0) is 17.8. The second kappa shape index (κ2) is 7.53. The molecule has 0 unspecified atom stereocenters. The number of methoxy groups -OCH3 is 1. The molecule has 2 aromatic carbocycles. The van der Waals surface area contributed by atoms with Crippen LogP contribution in [0.1, 0.15) is 12.7 Å². The predicted octanol–water partition coefficient (Wildman–Crippen LogP) is 4.07. The van der Waals surface area contributed by atoms with E-state index in [1.54, 1.807) is 7.11 Å². The van der Waals surface area contributed by atoms with Gasteiger partial charge in [-0.1, -0.05) is 30.0 Å². The van der Waals surface area contributed by atoms with Crippen LogP contribution >= 0.6 is 11.8 Å². The highest BCUT2D eigenvalue weighted by molar-refractivity contribution is 8.00. The summed E-state index contributed by atoms with van der Waals surface area (Å²) in [6, 6.07) is 15.1. The maximum atomic E-state index is 12.5. The third kappa shape index (κ3) is 4.09. The Bertz CT molecular complexity index is 897. The van der Waals surface area contributed by atoms with Gasteiger partial charge in [-0.2, -0.15) is 0 Å². The van der Waals surface area contributed by atoms with Crippen molar-refractivity contribution in [2.75, 3.05) is 12.4 Å². The number of fused-ring (bicyclic) bond motifs is 1. The van der Waals surface area contributed by atoms with Crippen LogP contribution in [0.15, 0.2) is 53.6 Å². The van der Waals surface area contributed by atoms with Crippen molar-refractivity contribution in [2.45, 2.75) is 24.1 Å². The summed E-state index contributed by atoms with van der Waals surface area (Å²) in [5.74, 6) is 1.38. The number of nitrogens with zero attached hydrogens (tertiary/aromatic N) is 2. The van der Waals surface area contributed by atoms with E-state index >= 15 is 0 Å². The number of benzene rings is 2. The standard InChI is InChI=1S/C19H19N3O2S/c1-12(18(23)22-14-8-10-15(24-3)11-9-14)25-19-16-6-4-5-7-17(16)20-13(2)21-19/h4-12H,1-3H3,(H,22,23)/t12-/m1/s1. The lowest BCUT2D eigenvalue weighted by molar-refractivity contribution is -0.115. The van der Waals surface area contributed by atoms with Crippen molar-refractivity contribution < 1.29 is 9.53 Å². The monoisotopic (exact) mass is 353 g/mol. The van der Waals surface area contributed by atoms with E-state index in [4.69, 9.17) is 4.74 Å². The van der Waals surface area contributed by atoms with Gasteiger partial charge in [0, 0.05) is 11.1 Å². The molecule has 5 nitrogen and oxygen atoms in total. The van der Waals surface area contributed by atoms with Crippen LogP contribution < -0.4 is 10.1 Å². The fourth-order valence-corrected chi connectivity index (χ4v) is 3.37. The van der Waals surface area contributed by atoms with E-state index in [9.17, 15) is 4.79 Å². The molecule has 6 heteroatoms. The topological polar surface area (TPSA) is 64.1 Å². The second-order valence-corrected chi connectivity index (χ2v) is 6.90. The summed E-state index contributed by atoms with van der Waals surface area (Å²) in [5.41, 5.74) is 1.63. The van der Waals surface area contributed by atoms with E-state index < -0.39 is 0 Å². The minimum absolute atomic E-state index is 0.0736. The number of ether oxygens (including phenoxy) is 1. The normalized spacial score (nSPS) is 12.0. The van der Waals surface area contributed by atoms with Crippen LogP contribution in [0.25, 0.3) is 10.9 Å². The van der Waals surface area contributed by atoms with Crippen molar-refractivity contribution in [1.29, 1.82) is 0 Å². The Hall–Kier alpha value is -2.60. The summed E-state index contributed by atoms with van der Waals surface area (Å²) < 4.78 is 5.12. The Balaban J connectivity index is 1.75. The van der Waals surface area contributed by atoms with E-state index in [1.165, 1.54) is 11.8 Å². The Labute approximate surface area is 150 Å². The van der Waals surface area contributed by atoms with E-state index in [0.717, 1.165) is 27.4 Å². The van der Waals surface area contributed by atoms with Gasteiger partial charge in [-0.3, -0.25) is 4.79 Å². The minimum Gasteiger partial charge on any atom is -0.497 e. The van der Waals surface area contributed by atoms with Gasteiger partial charge in [0.1, 0.15) is 16.6 Å². The second-order valence-electron chi connectivity index (χ2n) is 5.57. The number of carbonyl (C=O) groups excluding carboxylic acids is 1. The van der Waals surface area contributed by atoms with Crippen LogP contribution in [0.5, 0.6) is 5.75 Å². The van der Waals surface area contributed by atoms with Crippen LogP contribution in [-0.4, -0.2) is 28.2 Å². The van der Waals surface area contributed by atoms with Crippen LogP contribution in [0, 0.1) is 6.92 Å². The molecule has 0 saturated heterocycles. The number of rotatable bonds is 5. The fraction of sp³-hybridized carbons (Fsp3) is 0.211. The summed E-state index contributed by atoms with van der Waals surface area (Å²) >= 11 is 1.43. The third-order valence-corrected chi connectivity index (χ3v) is 4.80. The van der Waals surface area contributed by atoms with Crippen LogP contribution in [0.3, 0.4) is 0 Å². The molecule has 3 rings (SSSR count). The van der Waals surface area contributed by atoms with Gasteiger partial charge in [-0.25, -0.2) is 9.97 Å². The van der Waals surface area contributed by atoms with Gasteiger partial charge in [0.25, 0.3) is 0 Å². The molecule has 1 heterocycles. The largest absolute Gasteiger partial charge is 0.497 e. The average molecular weight is 353 g/mol. The van der Waals surface area contributed by atoms with Crippen molar-refractivity contribution in [3.8, 4) is 5.75 Å². The molecule has 0 aliphatic rings. The van der Waals surface area contributed by atoms with Crippen LogP contribution in [-0.2, 0) is 4.79 Å². The molecule has 1 atom stereocenters. The predicted molar refractivity (Wildman–Crippen MR) is 101 cm³/mol. The highest BCUT2D eigenvalue weighted by Gasteiger charge is 2.17. The molecule has 128 valence electrons. The number of anilines is 1. The molecule has 0 saturated carbocycles. The number of amides is 1. The number of aromatic nitrogens is 2. The molecule has 1 N–H and O–H groups in total. The molecule has 25 heavy (non-hydrogen) atoms. The maximum Gasteiger partial charge on any atom is 0.237 e. The molecular weight excluding hydrogens is 334 g/mol. The van der Waals surface area contributed by atoms with Gasteiger partial charge in [-0.05, 0) is 44.2 Å². The number of nitrogens with one attached hydrogen (secondary N) is 1. The Morgan fingerprint density at radius 1 is 1.12 bits per heavy atom. The molecule has 0 radical (unpaired) electrons. The van der Waals surface area contributed by atoms with E-state index in [0.29, 0.717) is 5.82 Å². The van der Waals surface area contributed by atoms with Crippen LogP contribution in [0.2, 0.25) is 0 Å². The first-order valence-corrected chi connectivity index (χ1v) is 8.80. The summed E-state index contributed by atoms with van der Waals surface area (Å²) in [4.78, 5) is 21.4. The zero-order valence-corrected chi connectivity index (χ0v) is 15.1. The average Bonchev–Trinajstić information content (AvgIpc) is 2.62. The lowest BCUT2D eigenvalue weighted by atomic mass is 10.2. The molecule has 0 spiro atoms. The fourth-order valence-electron chi connectivity index (χ4n) is 2.39. The zero-order valence-electron chi connectivity index (χ0n) is 14.3. The summed E-state index contributed by atoms with van der Waals surface area (Å²) in [6.07, 6.45) is 0. The molecular formula is C19H19N3O2S. The SMILES string of the molecule is COc1ccc(NC(=O)[C@@H](C)Sc2nc(C)nc3ccccc23)cc1. The van der Waals surface area contributed by atoms with Gasteiger partial charge >= 0.3 is 0 Å². The summed E-state index contributed by atoms with van der Waals surface area (Å²) in [7, 11) is 1.61. The molecule has 1 amide bonds. The number of thioether (sulfide) groups is 1. The lowest BCUT2D eigenvalue weighted by Crippen LogP contribution is -2.22. The van der Waals surface area contributed by atoms with E-state index in [-0.39, 0.29) is 11.2 Å². The number of aryl methyl sites for hydroxylation is 1. The quantitative estimate of drug-likeness (QED) is 0.553. The van der Waals surface area contributed by atoms with Crippen molar-refractivity contribution in [1.82, 2.24) is 9.97 Å². The molecule has 0 bridgehead atoms. The maximum absolute atomic E-state index is 12.5. The first-order valence-electron chi connectivity index (χ1n) is 7.92. The third-order valence-electron chi connectivity index (χ3n) is 3.70. The highest BCUT2D eigenvalue weighted by atomic mass is 32.2. The van der Waals surface area contributed by atoms with Gasteiger partial charge in [-0.15, -0.1) is 0 Å². The van der Waals surface area contributed by atoms with Crippen molar-refractivity contribution in [2.24, 2.45) is 0 Å². The molecule has 0 aliphatic carbocycles. The van der Waals surface area contributed by atoms with Crippen molar-refractivity contribution in [3.63, 3.8) is 0 Å². The molecule has 0 aliphatic heterocycles. The smallest absolute Gasteiger partial charge is 0.237 e. The van der Waals surface area contributed by atoms with E-state index in [1.807, 2.05) is 62.4 Å². The molecule has 0 fully saturated rings. The van der Waals surface area contributed by atoms with Crippen LogP contribution in [0.4, 0.5) is 5.69 Å². The summed E-state index contributed by atoms with van der Waals surface area (Å²) in [6.45, 7) is 3.73.